The number of hydrogen-bond acceptors (Lipinski definition) is 4. The summed E-state index contributed by atoms with van der Waals surface area (Å²) in [5, 5.41) is 2.63. The third-order valence-electron chi connectivity index (χ3n) is 4.75. The van der Waals surface area contributed by atoms with Crippen molar-refractivity contribution in [2.24, 2.45) is 4.40 Å². The van der Waals surface area contributed by atoms with Gasteiger partial charge in [0.1, 0.15) is 10.7 Å². The highest BCUT2D eigenvalue weighted by Crippen LogP contribution is 2.33. The maximum Gasteiger partial charge on any atom is 0.317 e. The summed E-state index contributed by atoms with van der Waals surface area (Å²) in [5.74, 6) is 0.499. The summed E-state index contributed by atoms with van der Waals surface area (Å²) in [6.07, 6.45) is 0.764. The minimum atomic E-state index is -3.71. The van der Waals surface area contributed by atoms with E-state index in [1.54, 1.807) is 18.9 Å². The molecular weight excluding hydrogens is 352 g/mol. The molecule has 1 fully saturated rings. The fraction of sp³-hybridized carbons (Fsp3) is 0.444. The number of aryl methyl sites for hydroxylation is 1. The second-order valence-corrected chi connectivity index (χ2v) is 8.13. The third-order valence-corrected chi connectivity index (χ3v) is 6.22. The zero-order valence-corrected chi connectivity index (χ0v) is 16.1. The molecule has 0 unspecified atom stereocenters. The van der Waals surface area contributed by atoms with E-state index in [1.807, 2.05) is 36.1 Å². The normalized spacial score (nSPS) is 20.0. The fourth-order valence-corrected chi connectivity index (χ4v) is 4.86. The lowest BCUT2D eigenvalue weighted by Gasteiger charge is -2.23. The highest BCUT2D eigenvalue weighted by atomic mass is 32.2. The minimum absolute atomic E-state index is 0.111. The van der Waals surface area contributed by atoms with Gasteiger partial charge in [0.15, 0.2) is 0 Å². The maximum absolute atomic E-state index is 12.7. The molecule has 26 heavy (non-hydrogen) atoms. The molecule has 140 valence electrons. The third kappa shape index (κ3) is 3.46. The number of carbonyl (C=O) groups is 1. The second-order valence-electron chi connectivity index (χ2n) is 6.59. The Morgan fingerprint density at radius 2 is 1.77 bits per heavy atom. The van der Waals surface area contributed by atoms with Crippen LogP contribution in [0.5, 0.6) is 0 Å². The van der Waals surface area contributed by atoms with E-state index in [2.05, 4.69) is 9.71 Å². The first-order valence-electron chi connectivity index (χ1n) is 8.68. The van der Waals surface area contributed by atoms with Gasteiger partial charge in [0.05, 0.1) is 0 Å². The zero-order valence-electron chi connectivity index (χ0n) is 15.3. The van der Waals surface area contributed by atoms with Crippen LogP contribution >= 0.6 is 0 Å². The summed E-state index contributed by atoms with van der Waals surface area (Å²) in [4.78, 5) is 15.8. The molecule has 2 aliphatic heterocycles. The van der Waals surface area contributed by atoms with Crippen molar-refractivity contribution in [2.75, 3.05) is 33.2 Å². The van der Waals surface area contributed by atoms with Crippen molar-refractivity contribution in [1.82, 2.24) is 15.1 Å². The van der Waals surface area contributed by atoms with E-state index >= 15 is 0 Å². The fourth-order valence-electron chi connectivity index (χ4n) is 3.38. The smallest absolute Gasteiger partial charge is 0.317 e. The van der Waals surface area contributed by atoms with Crippen molar-refractivity contribution in [2.45, 2.75) is 20.3 Å². The van der Waals surface area contributed by atoms with E-state index in [-0.39, 0.29) is 10.9 Å². The summed E-state index contributed by atoms with van der Waals surface area (Å²) in [7, 11) is -2.10. The van der Waals surface area contributed by atoms with Crippen molar-refractivity contribution in [3.63, 3.8) is 0 Å². The van der Waals surface area contributed by atoms with Crippen LogP contribution in [0.25, 0.3) is 4.91 Å². The summed E-state index contributed by atoms with van der Waals surface area (Å²) in [6, 6.07) is 7.33. The Morgan fingerprint density at radius 3 is 2.42 bits per heavy atom. The molecule has 2 amide bonds. The Labute approximate surface area is 154 Å². The molecule has 1 N–H and O–H groups in total. The van der Waals surface area contributed by atoms with E-state index in [9.17, 15) is 13.2 Å². The van der Waals surface area contributed by atoms with Crippen LogP contribution in [0.4, 0.5) is 4.79 Å². The quantitative estimate of drug-likeness (QED) is 0.810. The minimum Gasteiger partial charge on any atom is -0.354 e. The number of rotatable bonds is 1. The van der Waals surface area contributed by atoms with Crippen LogP contribution in [0, 0.1) is 6.92 Å². The standard InChI is InChI=1S/C18H24N4O3S/c1-13-5-7-15(8-6-13)16-14(2)17(20-26(16,24)25)21-9-4-10-22(12-11-21)18(23)19-3/h5-8H,4,9-12H2,1-3H3,(H,19,23). The first kappa shape index (κ1) is 18.4. The molecule has 0 saturated carbocycles. The lowest BCUT2D eigenvalue weighted by molar-refractivity contribution is 0.202. The van der Waals surface area contributed by atoms with E-state index in [4.69, 9.17) is 0 Å². The van der Waals surface area contributed by atoms with Crippen LogP contribution < -0.4 is 5.32 Å². The molecule has 7 nitrogen and oxygen atoms in total. The van der Waals surface area contributed by atoms with Crippen molar-refractivity contribution in [1.29, 1.82) is 0 Å². The summed E-state index contributed by atoms with van der Waals surface area (Å²) in [5.41, 5.74) is 2.40. The number of nitrogens with one attached hydrogen (secondary N) is 1. The highest BCUT2D eigenvalue weighted by Gasteiger charge is 2.34. The molecule has 2 aliphatic rings. The monoisotopic (exact) mass is 376 g/mol. The van der Waals surface area contributed by atoms with Gasteiger partial charge in [-0.05, 0) is 25.8 Å². The molecule has 0 aromatic heterocycles. The summed E-state index contributed by atoms with van der Waals surface area (Å²) in [6.45, 7) is 6.17. The molecule has 1 aromatic carbocycles. The Hall–Kier alpha value is -2.35. The summed E-state index contributed by atoms with van der Waals surface area (Å²) < 4.78 is 29.4. The Morgan fingerprint density at radius 1 is 1.08 bits per heavy atom. The molecule has 3 rings (SSSR count). The van der Waals surface area contributed by atoms with E-state index in [0.717, 1.165) is 12.0 Å². The predicted octanol–water partition coefficient (Wildman–Crippen LogP) is 1.82. The maximum atomic E-state index is 12.7. The van der Waals surface area contributed by atoms with Crippen molar-refractivity contribution >= 4 is 26.8 Å². The average Bonchev–Trinajstić information content (AvgIpc) is 2.78. The predicted molar refractivity (Wildman–Crippen MR) is 102 cm³/mol. The van der Waals surface area contributed by atoms with Crippen LogP contribution in [-0.4, -0.2) is 63.3 Å². The molecule has 0 radical (unpaired) electrons. The van der Waals surface area contributed by atoms with Gasteiger partial charge in [-0.1, -0.05) is 29.8 Å². The zero-order chi connectivity index (χ0) is 18.9. The number of urea groups is 1. The Balaban J connectivity index is 1.89. The van der Waals surface area contributed by atoms with Crippen LogP contribution in [0.3, 0.4) is 0 Å². The summed E-state index contributed by atoms with van der Waals surface area (Å²) >= 11 is 0. The molecule has 0 aliphatic carbocycles. The number of carbonyl (C=O) groups excluding carboxylic acids is 1. The van der Waals surface area contributed by atoms with Gasteiger partial charge in [0.2, 0.25) is 0 Å². The molecular formula is C18H24N4O3S. The average molecular weight is 376 g/mol. The molecule has 0 bridgehead atoms. The molecule has 2 heterocycles. The van der Waals surface area contributed by atoms with Crippen LogP contribution in [0.2, 0.25) is 0 Å². The highest BCUT2D eigenvalue weighted by molar-refractivity contribution is 8.00. The molecule has 0 spiro atoms. The molecule has 1 aromatic rings. The first-order chi connectivity index (χ1) is 12.3. The van der Waals surface area contributed by atoms with Crippen LogP contribution in [0.15, 0.2) is 34.2 Å². The van der Waals surface area contributed by atoms with Gasteiger partial charge >= 0.3 is 6.03 Å². The van der Waals surface area contributed by atoms with Crippen LogP contribution in [0.1, 0.15) is 24.5 Å². The van der Waals surface area contributed by atoms with E-state index in [1.165, 1.54) is 0 Å². The van der Waals surface area contributed by atoms with Gasteiger partial charge in [0.25, 0.3) is 10.0 Å². The first-order valence-corrected chi connectivity index (χ1v) is 10.1. The van der Waals surface area contributed by atoms with Crippen LogP contribution in [-0.2, 0) is 10.0 Å². The number of hydrogen-bond donors (Lipinski definition) is 1. The van der Waals surface area contributed by atoms with Gasteiger partial charge in [-0.3, -0.25) is 0 Å². The van der Waals surface area contributed by atoms with Gasteiger partial charge in [-0.15, -0.1) is 4.40 Å². The number of sulfonamides is 1. The SMILES string of the molecule is CNC(=O)N1CCCN(C2=NS(=O)(=O)C(c3ccc(C)cc3)=C2C)CC1. The van der Waals surface area contributed by atoms with Gasteiger partial charge in [-0.2, -0.15) is 8.42 Å². The van der Waals surface area contributed by atoms with E-state index in [0.29, 0.717) is 43.2 Å². The van der Waals surface area contributed by atoms with Gasteiger partial charge < -0.3 is 15.1 Å². The Kier molecular flexibility index (Phi) is 5.04. The number of amidine groups is 1. The number of nitrogens with zero attached hydrogens (tertiary/aromatic N) is 3. The lowest BCUT2D eigenvalue weighted by Crippen LogP contribution is -2.41. The lowest BCUT2D eigenvalue weighted by atomic mass is 10.1. The second kappa shape index (κ2) is 7.11. The number of benzene rings is 1. The van der Waals surface area contributed by atoms with Gasteiger partial charge in [-0.25, -0.2) is 4.79 Å². The van der Waals surface area contributed by atoms with Gasteiger partial charge in [0, 0.05) is 38.8 Å². The number of amides is 2. The largest absolute Gasteiger partial charge is 0.354 e. The van der Waals surface area contributed by atoms with Crippen molar-refractivity contribution in [3.05, 3.63) is 41.0 Å². The molecule has 1 saturated heterocycles. The topological polar surface area (TPSA) is 82.1 Å². The van der Waals surface area contributed by atoms with Crippen molar-refractivity contribution in [3.8, 4) is 0 Å². The van der Waals surface area contributed by atoms with E-state index < -0.39 is 10.0 Å². The molecule has 8 heteroatoms. The Bertz CT molecular complexity index is 872. The molecule has 0 atom stereocenters. The van der Waals surface area contributed by atoms with Crippen molar-refractivity contribution < 1.29 is 13.2 Å².